The van der Waals surface area contributed by atoms with Crippen LogP contribution in [0.5, 0.6) is 0 Å². The fourth-order valence-corrected chi connectivity index (χ4v) is 5.24. The second kappa shape index (κ2) is 8.97. The van der Waals surface area contributed by atoms with Crippen molar-refractivity contribution in [3.8, 4) is 12.3 Å². The fraction of sp³-hybridized carbons (Fsp3) is 0.500. The molecule has 3 unspecified atom stereocenters. The number of phosphoric ester groups is 1. The van der Waals surface area contributed by atoms with E-state index in [0.717, 1.165) is 0 Å². The first-order chi connectivity index (χ1) is 14.7. The summed E-state index contributed by atoms with van der Waals surface area (Å²) >= 11 is 6.09. The molecule has 1 fully saturated rings. The fourth-order valence-electron chi connectivity index (χ4n) is 2.11. The number of nitrogens with one attached hydrogen (secondary N) is 1. The largest absolute Gasteiger partial charge is 0.490 e. The molecule has 31 heavy (non-hydrogen) atoms. The molecule has 1 aromatic rings. The highest BCUT2D eigenvalue weighted by molar-refractivity contribution is 7.66. The minimum absolute atomic E-state index is 0.318. The van der Waals surface area contributed by atoms with Crippen molar-refractivity contribution in [1.82, 2.24) is 14.8 Å². The molecule has 17 nitrogen and oxygen atoms in total. The van der Waals surface area contributed by atoms with E-state index in [0.29, 0.717) is 10.9 Å². The number of ether oxygens (including phenoxy) is 1. The molecule has 0 saturated carbocycles. The average molecular weight is 530 g/mol. The zero-order valence-corrected chi connectivity index (χ0v) is 17.9. The van der Waals surface area contributed by atoms with Crippen LogP contribution in [-0.4, -0.2) is 63.1 Å². The number of aromatic nitrogens is 3. The summed E-state index contributed by atoms with van der Waals surface area (Å²) in [4.78, 5) is 58.2. The number of phosphoric acid groups is 3. The molecule has 1 aliphatic rings. The van der Waals surface area contributed by atoms with Gasteiger partial charge in [0.25, 0.3) is 5.56 Å². The minimum Gasteiger partial charge on any atom is -0.387 e. The van der Waals surface area contributed by atoms with Gasteiger partial charge < -0.3 is 29.4 Å². The Hall–Kier alpha value is -1.21. The van der Waals surface area contributed by atoms with Gasteiger partial charge in [-0.1, -0.05) is 17.5 Å². The van der Waals surface area contributed by atoms with Gasteiger partial charge in [-0.2, -0.15) is 18.4 Å². The lowest BCUT2D eigenvalue weighted by Crippen LogP contribution is -2.45. The molecule has 0 radical (unpaired) electrons. The lowest BCUT2D eigenvalue weighted by atomic mass is 10.00. The van der Waals surface area contributed by atoms with Crippen LogP contribution in [0.15, 0.2) is 15.8 Å². The number of nitrogens with zero attached hydrogens (tertiary/aromatic N) is 2. The van der Waals surface area contributed by atoms with Gasteiger partial charge >= 0.3 is 29.2 Å². The van der Waals surface area contributed by atoms with Crippen LogP contribution in [0.25, 0.3) is 0 Å². The zero-order chi connectivity index (χ0) is 25.6. The summed E-state index contributed by atoms with van der Waals surface area (Å²) in [6, 6.07) is 0. The van der Waals surface area contributed by atoms with Crippen LogP contribution in [-0.2, 0) is 31.6 Å². The molecule has 2 rings (SSSR count). The van der Waals surface area contributed by atoms with Gasteiger partial charge in [0.2, 0.25) is 0 Å². The van der Waals surface area contributed by atoms with E-state index in [1.54, 1.807) is 4.98 Å². The molecule has 0 bridgehead atoms. The topological polar surface area (TPSA) is 257 Å². The Labute approximate surface area is 178 Å². The number of halogens is 1. The zero-order valence-electron chi connectivity index (χ0n) is 16.4. The van der Waals surface area contributed by atoms with Crippen LogP contribution in [0.1, 0.15) is 8.97 Å². The summed E-state index contributed by atoms with van der Waals surface area (Å²) in [6.07, 6.45) is -0.896. The molecular formula is C10H13ClN3O14P3. The first-order valence-corrected chi connectivity index (χ1v) is 12.2. The Morgan fingerprint density at radius 3 is 2.45 bits per heavy atom. The highest BCUT2D eigenvalue weighted by Crippen LogP contribution is 2.66. The number of H-pyrrole nitrogens is 1. The second-order valence-corrected chi connectivity index (χ2v) is 10.4. The number of aliphatic hydroxyl groups excluding tert-OH is 1. The normalized spacial score (nSPS) is 31.7. The molecule has 1 saturated heterocycles. The summed E-state index contributed by atoms with van der Waals surface area (Å²) < 4.78 is 65.9. The molecule has 21 heteroatoms. The molecule has 6 atom stereocenters. The monoisotopic (exact) mass is 529 g/mol. The van der Waals surface area contributed by atoms with Crippen LogP contribution in [0.3, 0.4) is 0 Å². The third-order valence-electron chi connectivity index (χ3n) is 3.23. The lowest BCUT2D eigenvalue weighted by Gasteiger charge is -2.24. The maximum atomic E-state index is 12.0. The van der Waals surface area contributed by atoms with E-state index in [2.05, 4.69) is 18.2 Å². The minimum atomic E-state index is -6.03. The third kappa shape index (κ3) is 6.41. The number of hydrogen-bond acceptors (Lipinski definition) is 11. The van der Waals surface area contributed by atoms with E-state index >= 15 is 0 Å². The van der Waals surface area contributed by atoms with E-state index in [-0.39, 0.29) is 0 Å². The summed E-state index contributed by atoms with van der Waals surface area (Å²) in [5.74, 6) is 1.83. The van der Waals surface area contributed by atoms with Crippen LogP contribution >= 0.6 is 35.1 Å². The summed E-state index contributed by atoms with van der Waals surface area (Å²) in [5.41, 5.74) is -2.20. The second-order valence-electron chi connectivity index (χ2n) is 5.45. The van der Waals surface area contributed by atoms with Crippen molar-refractivity contribution in [2.24, 2.45) is 0 Å². The Bertz CT molecular complexity index is 1230. The molecule has 0 aromatic carbocycles. The highest BCUT2D eigenvalue weighted by Gasteiger charge is 2.57. The van der Waals surface area contributed by atoms with Crippen molar-refractivity contribution in [1.29, 1.82) is 0 Å². The van der Waals surface area contributed by atoms with Crippen molar-refractivity contribution in [3.63, 3.8) is 0 Å². The number of hydrogen-bond donors (Lipinski definition) is 6. The van der Waals surface area contributed by atoms with Crippen LogP contribution in [0, 0.1) is 12.3 Å². The van der Waals surface area contributed by atoms with Gasteiger partial charge in [0.15, 0.2) is 11.1 Å². The Morgan fingerprint density at radius 2 is 1.94 bits per heavy atom. The van der Waals surface area contributed by atoms with Gasteiger partial charge in [-0.3, -0.25) is 14.3 Å². The van der Waals surface area contributed by atoms with Crippen molar-refractivity contribution in [2.45, 2.75) is 23.3 Å². The van der Waals surface area contributed by atoms with Gasteiger partial charge in [-0.25, -0.2) is 18.5 Å². The maximum Gasteiger partial charge on any atom is 0.490 e. The summed E-state index contributed by atoms with van der Waals surface area (Å²) in [7, 11) is -17.7. The van der Waals surface area contributed by atoms with E-state index in [1.165, 1.54) is 0 Å². The number of aromatic amines is 1. The van der Waals surface area contributed by atoms with Crippen molar-refractivity contribution >= 4 is 35.1 Å². The van der Waals surface area contributed by atoms with Gasteiger partial charge in [-0.05, 0) is 0 Å². The lowest BCUT2D eigenvalue weighted by molar-refractivity contribution is -0.0504. The van der Waals surface area contributed by atoms with E-state index in [1.807, 2.05) is 5.92 Å². The molecule has 0 amide bonds. The van der Waals surface area contributed by atoms with Gasteiger partial charge in [-0.15, -0.1) is 6.42 Å². The molecule has 6 N–H and O–H groups in total. The van der Waals surface area contributed by atoms with Crippen molar-refractivity contribution in [3.05, 3.63) is 27.0 Å². The molecule has 0 aliphatic carbocycles. The average Bonchev–Trinajstić information content (AvgIpc) is 2.83. The first-order valence-electron chi connectivity index (χ1n) is 8.26. The summed E-state index contributed by atoms with van der Waals surface area (Å²) in [6.45, 7) is -3.65. The molecule has 1 aliphatic heterocycles. The maximum absolute atomic E-state index is 12.0. The van der Waals surface area contributed by atoms with Crippen LogP contribution in [0.4, 0.5) is 0 Å². The SMILES string of the molecule is [2H]C([2H])(OP(=O)(O)OP(=O)(O)OP(=O)(O)O)[C@H]1O[C@@H](n2ncc(=O)[nH]c2=O)C(Cl)(C#C)[C@H]1O. The Kier molecular flexibility index (Phi) is 6.64. The molecular weight excluding hydrogens is 514 g/mol. The summed E-state index contributed by atoms with van der Waals surface area (Å²) in [5, 5.41) is 13.8. The Balaban J connectivity index is 2.36. The van der Waals surface area contributed by atoms with Gasteiger partial charge in [0.05, 0.1) is 9.30 Å². The third-order valence-corrected chi connectivity index (χ3v) is 7.42. The number of aliphatic hydroxyl groups is 1. The Morgan fingerprint density at radius 1 is 1.32 bits per heavy atom. The molecule has 1 aromatic heterocycles. The number of terminal acetylenes is 1. The first kappa shape index (κ1) is 23.0. The van der Waals surface area contributed by atoms with E-state index in [9.17, 15) is 33.3 Å². The predicted molar refractivity (Wildman–Crippen MR) is 96.3 cm³/mol. The number of rotatable bonds is 8. The van der Waals surface area contributed by atoms with Crippen molar-refractivity contribution < 1.29 is 59.0 Å². The molecule has 2 heterocycles. The van der Waals surface area contributed by atoms with Crippen LogP contribution < -0.4 is 11.2 Å². The van der Waals surface area contributed by atoms with Crippen LogP contribution in [0.2, 0.25) is 0 Å². The number of alkyl halides is 1. The molecule has 174 valence electrons. The van der Waals surface area contributed by atoms with Gasteiger partial charge in [0.1, 0.15) is 18.4 Å². The standard InChI is InChI=1S/C10H13ClN3O14P3/c1-2-10(11)7(16)5(26-8(10)14-9(17)13-6(15)3-12-14)4-25-30(21,22)28-31(23,24)27-29(18,19)20/h1,3,5,7-8,16H,4H2,(H,21,22)(H,23,24)(H,13,15,17)(H2,18,19,20)/t5-,7+,8-,10?/m1/s1/i4D2. The smallest absolute Gasteiger partial charge is 0.387 e. The quantitative estimate of drug-likeness (QED) is 0.123. The predicted octanol–water partition coefficient (Wildman–Crippen LogP) is -1.86. The highest BCUT2D eigenvalue weighted by atomic mass is 35.5. The van der Waals surface area contributed by atoms with E-state index < -0.39 is 64.6 Å². The van der Waals surface area contributed by atoms with Gasteiger partial charge in [0, 0.05) is 0 Å². The van der Waals surface area contributed by atoms with E-state index in [4.69, 9.17) is 40.2 Å². The van der Waals surface area contributed by atoms with Crippen molar-refractivity contribution in [2.75, 3.05) is 6.56 Å². The molecule has 0 spiro atoms.